The molecule has 2 atom stereocenters. The third kappa shape index (κ3) is 3.73. The molecule has 1 aromatic heterocycles. The molecule has 1 heterocycles. The van der Waals surface area contributed by atoms with E-state index in [1.54, 1.807) is 7.11 Å². The summed E-state index contributed by atoms with van der Waals surface area (Å²) >= 11 is 0. The van der Waals surface area contributed by atoms with Gasteiger partial charge in [-0.2, -0.15) is 0 Å². The maximum atomic E-state index is 5.94. The van der Waals surface area contributed by atoms with E-state index >= 15 is 0 Å². The number of hydrogen-bond donors (Lipinski definition) is 1. The first-order chi connectivity index (χ1) is 9.99. The molecule has 0 radical (unpaired) electrons. The normalized spacial score (nSPS) is 26.1. The van der Waals surface area contributed by atoms with Crippen LogP contribution in [0, 0.1) is 11.8 Å². The van der Waals surface area contributed by atoms with E-state index in [1.165, 1.54) is 12.8 Å². The average Bonchev–Trinajstić information content (AvgIpc) is 2.46. The number of nitrogens with zero attached hydrogens (tertiary/aromatic N) is 2. The Hall–Kier alpha value is -1.16. The first kappa shape index (κ1) is 16.2. The molecule has 21 heavy (non-hydrogen) atoms. The van der Waals surface area contributed by atoms with Crippen molar-refractivity contribution in [2.75, 3.05) is 19.5 Å². The van der Waals surface area contributed by atoms with E-state index in [0.717, 1.165) is 36.6 Å². The summed E-state index contributed by atoms with van der Waals surface area (Å²) in [5.74, 6) is 3.00. The second-order valence-electron chi connectivity index (χ2n) is 6.82. The van der Waals surface area contributed by atoms with Gasteiger partial charge in [0.1, 0.15) is 11.4 Å². The van der Waals surface area contributed by atoms with Gasteiger partial charge in [0.05, 0.1) is 0 Å². The molecular formula is C17H29N3O. The zero-order chi connectivity index (χ0) is 15.5. The summed E-state index contributed by atoms with van der Waals surface area (Å²) < 4.78 is 5.94. The fourth-order valence-electron chi connectivity index (χ4n) is 3.34. The molecule has 1 aromatic rings. The van der Waals surface area contributed by atoms with Crippen molar-refractivity contribution >= 4 is 5.82 Å². The van der Waals surface area contributed by atoms with Crippen LogP contribution in [0.3, 0.4) is 0 Å². The minimum Gasteiger partial charge on any atom is -0.373 e. The highest BCUT2D eigenvalue weighted by molar-refractivity contribution is 5.36. The Bertz CT molecular complexity index is 475. The minimum atomic E-state index is -0.309. The van der Waals surface area contributed by atoms with Crippen LogP contribution in [0.4, 0.5) is 5.82 Å². The van der Waals surface area contributed by atoms with Gasteiger partial charge in [0.15, 0.2) is 5.82 Å². The van der Waals surface area contributed by atoms with Gasteiger partial charge >= 0.3 is 0 Å². The molecule has 1 saturated carbocycles. The van der Waals surface area contributed by atoms with E-state index in [1.807, 2.05) is 7.05 Å². The molecule has 0 aromatic carbocycles. The van der Waals surface area contributed by atoms with Crippen molar-refractivity contribution < 1.29 is 4.74 Å². The van der Waals surface area contributed by atoms with Crippen LogP contribution in [0.2, 0.25) is 0 Å². The zero-order valence-corrected chi connectivity index (χ0v) is 14.1. The van der Waals surface area contributed by atoms with Crippen molar-refractivity contribution in [3.8, 4) is 0 Å². The van der Waals surface area contributed by atoms with Gasteiger partial charge in [0.25, 0.3) is 0 Å². The second-order valence-corrected chi connectivity index (χ2v) is 6.82. The lowest BCUT2D eigenvalue weighted by atomic mass is 9.78. The maximum absolute atomic E-state index is 5.94. The SMILES string of the molecule is CNc1cc(CC(C)C)nc(C2(OC)CCCC(C)C2)n1. The second kappa shape index (κ2) is 6.73. The van der Waals surface area contributed by atoms with Crippen molar-refractivity contribution in [3.05, 3.63) is 17.6 Å². The van der Waals surface area contributed by atoms with Gasteiger partial charge in [-0.25, -0.2) is 9.97 Å². The quantitative estimate of drug-likeness (QED) is 0.897. The van der Waals surface area contributed by atoms with Crippen LogP contribution in [-0.2, 0) is 16.8 Å². The zero-order valence-electron chi connectivity index (χ0n) is 14.1. The van der Waals surface area contributed by atoms with Crippen LogP contribution >= 0.6 is 0 Å². The van der Waals surface area contributed by atoms with Gasteiger partial charge in [0, 0.05) is 25.9 Å². The van der Waals surface area contributed by atoms with Crippen molar-refractivity contribution in [1.29, 1.82) is 0 Å². The highest BCUT2D eigenvalue weighted by Gasteiger charge is 2.39. The molecule has 0 aliphatic heterocycles. The smallest absolute Gasteiger partial charge is 0.162 e. The van der Waals surface area contributed by atoms with Gasteiger partial charge in [-0.15, -0.1) is 0 Å². The summed E-state index contributed by atoms with van der Waals surface area (Å²) in [5.41, 5.74) is 0.796. The molecule has 0 spiro atoms. The topological polar surface area (TPSA) is 47.0 Å². The Kier molecular flexibility index (Phi) is 5.20. The van der Waals surface area contributed by atoms with Crippen molar-refractivity contribution in [3.63, 3.8) is 0 Å². The third-order valence-corrected chi connectivity index (χ3v) is 4.41. The first-order valence-electron chi connectivity index (χ1n) is 8.10. The van der Waals surface area contributed by atoms with E-state index in [4.69, 9.17) is 14.7 Å². The summed E-state index contributed by atoms with van der Waals surface area (Å²) in [5, 5.41) is 3.17. The number of aromatic nitrogens is 2. The number of rotatable bonds is 5. The molecule has 0 amide bonds. The highest BCUT2D eigenvalue weighted by atomic mass is 16.5. The van der Waals surface area contributed by atoms with Crippen LogP contribution in [0.15, 0.2) is 6.07 Å². The molecule has 0 saturated heterocycles. The summed E-state index contributed by atoms with van der Waals surface area (Å²) in [6.07, 6.45) is 5.46. The van der Waals surface area contributed by atoms with E-state index in [9.17, 15) is 0 Å². The standard InChI is InChI=1S/C17H29N3O/c1-12(2)9-14-10-15(18-4)20-16(19-14)17(21-5)8-6-7-13(3)11-17/h10,12-13H,6-9,11H2,1-5H3,(H,18,19,20). The third-order valence-electron chi connectivity index (χ3n) is 4.41. The molecule has 118 valence electrons. The van der Waals surface area contributed by atoms with Crippen LogP contribution in [0.25, 0.3) is 0 Å². The Morgan fingerprint density at radius 1 is 1.43 bits per heavy atom. The molecule has 1 fully saturated rings. The van der Waals surface area contributed by atoms with Crippen molar-refractivity contribution in [2.45, 2.75) is 58.5 Å². The Morgan fingerprint density at radius 2 is 2.19 bits per heavy atom. The first-order valence-corrected chi connectivity index (χ1v) is 8.10. The number of nitrogens with one attached hydrogen (secondary N) is 1. The van der Waals surface area contributed by atoms with Crippen LogP contribution in [0.5, 0.6) is 0 Å². The molecule has 4 heteroatoms. The number of ether oxygens (including phenoxy) is 1. The fourth-order valence-corrected chi connectivity index (χ4v) is 3.34. The van der Waals surface area contributed by atoms with E-state index in [-0.39, 0.29) is 5.60 Å². The Balaban J connectivity index is 2.39. The van der Waals surface area contributed by atoms with Gasteiger partial charge < -0.3 is 10.1 Å². The molecule has 1 aliphatic carbocycles. The predicted octanol–water partition coefficient (Wildman–Crippen LogP) is 3.77. The number of hydrogen-bond acceptors (Lipinski definition) is 4. The molecule has 0 bridgehead atoms. The molecule has 2 unspecified atom stereocenters. The fraction of sp³-hybridized carbons (Fsp3) is 0.765. The van der Waals surface area contributed by atoms with Crippen molar-refractivity contribution in [1.82, 2.24) is 9.97 Å². The molecule has 1 N–H and O–H groups in total. The molecule has 2 rings (SSSR count). The summed E-state index contributed by atoms with van der Waals surface area (Å²) in [6.45, 7) is 6.73. The predicted molar refractivity (Wildman–Crippen MR) is 86.4 cm³/mol. The Labute approximate surface area is 128 Å². The molecule has 1 aliphatic rings. The largest absolute Gasteiger partial charge is 0.373 e. The lowest BCUT2D eigenvalue weighted by Crippen LogP contribution is -2.36. The van der Waals surface area contributed by atoms with Gasteiger partial charge in [-0.05, 0) is 37.5 Å². The van der Waals surface area contributed by atoms with Gasteiger partial charge in [0.2, 0.25) is 0 Å². The van der Waals surface area contributed by atoms with Gasteiger partial charge in [-0.1, -0.05) is 27.2 Å². The minimum absolute atomic E-state index is 0.309. The van der Waals surface area contributed by atoms with E-state index in [0.29, 0.717) is 11.8 Å². The summed E-state index contributed by atoms with van der Waals surface area (Å²) in [6, 6.07) is 2.05. The van der Waals surface area contributed by atoms with E-state index < -0.39 is 0 Å². The maximum Gasteiger partial charge on any atom is 0.162 e. The summed E-state index contributed by atoms with van der Waals surface area (Å²) in [7, 11) is 3.71. The number of anilines is 1. The van der Waals surface area contributed by atoms with Crippen LogP contribution < -0.4 is 5.32 Å². The van der Waals surface area contributed by atoms with Crippen LogP contribution in [0.1, 0.15) is 58.0 Å². The monoisotopic (exact) mass is 291 g/mol. The van der Waals surface area contributed by atoms with Crippen LogP contribution in [-0.4, -0.2) is 24.1 Å². The lowest BCUT2D eigenvalue weighted by molar-refractivity contribution is -0.0646. The summed E-state index contributed by atoms with van der Waals surface area (Å²) in [4.78, 5) is 9.56. The lowest BCUT2D eigenvalue weighted by Gasteiger charge is -2.37. The highest BCUT2D eigenvalue weighted by Crippen LogP contribution is 2.41. The van der Waals surface area contributed by atoms with Crippen molar-refractivity contribution in [2.24, 2.45) is 11.8 Å². The number of methoxy groups -OCH3 is 1. The van der Waals surface area contributed by atoms with E-state index in [2.05, 4.69) is 32.2 Å². The molecule has 4 nitrogen and oxygen atoms in total. The van der Waals surface area contributed by atoms with Gasteiger partial charge in [-0.3, -0.25) is 0 Å². The Morgan fingerprint density at radius 3 is 2.76 bits per heavy atom. The average molecular weight is 291 g/mol. The molecular weight excluding hydrogens is 262 g/mol.